The fourth-order valence-corrected chi connectivity index (χ4v) is 2.13. The zero-order chi connectivity index (χ0) is 14.7. The van der Waals surface area contributed by atoms with Crippen LogP contribution in [0.4, 0.5) is 0 Å². The summed E-state index contributed by atoms with van der Waals surface area (Å²) in [5.74, 6) is -0.918. The third-order valence-corrected chi connectivity index (χ3v) is 3.50. The summed E-state index contributed by atoms with van der Waals surface area (Å²) in [5.41, 5.74) is 6.46. The van der Waals surface area contributed by atoms with Gasteiger partial charge in [-0.3, -0.25) is 0 Å². The summed E-state index contributed by atoms with van der Waals surface area (Å²) in [5, 5.41) is 8.82. The van der Waals surface area contributed by atoms with Gasteiger partial charge in [-0.25, -0.2) is 4.79 Å². The van der Waals surface area contributed by atoms with Crippen molar-refractivity contribution in [3.63, 3.8) is 0 Å². The molecule has 2 aromatic carbocycles. The van der Waals surface area contributed by atoms with Crippen molar-refractivity contribution in [2.45, 2.75) is 20.8 Å². The smallest absolute Gasteiger partial charge is 0.328 e. The molecular formula is C18H18O2. The highest BCUT2D eigenvalue weighted by atomic mass is 16.4. The van der Waals surface area contributed by atoms with E-state index in [0.29, 0.717) is 0 Å². The summed E-state index contributed by atoms with van der Waals surface area (Å²) in [6.07, 6.45) is 1.24. The van der Waals surface area contributed by atoms with Crippen LogP contribution in [-0.2, 0) is 4.79 Å². The van der Waals surface area contributed by atoms with E-state index in [0.717, 1.165) is 22.3 Å². The van der Waals surface area contributed by atoms with E-state index in [2.05, 4.69) is 32.0 Å². The van der Waals surface area contributed by atoms with Gasteiger partial charge in [0.05, 0.1) is 0 Å². The van der Waals surface area contributed by atoms with Gasteiger partial charge in [0.2, 0.25) is 0 Å². The molecule has 0 amide bonds. The van der Waals surface area contributed by atoms with Gasteiger partial charge in [0.15, 0.2) is 0 Å². The maximum Gasteiger partial charge on any atom is 0.328 e. The first kappa shape index (κ1) is 14.1. The van der Waals surface area contributed by atoms with E-state index in [4.69, 9.17) is 5.11 Å². The third-order valence-electron chi connectivity index (χ3n) is 3.50. The quantitative estimate of drug-likeness (QED) is 0.833. The minimum Gasteiger partial charge on any atom is -0.478 e. The number of carbonyl (C=O) groups is 1. The van der Waals surface area contributed by atoms with Crippen LogP contribution in [0.3, 0.4) is 0 Å². The molecule has 0 aliphatic carbocycles. The van der Waals surface area contributed by atoms with E-state index >= 15 is 0 Å². The number of benzene rings is 2. The van der Waals surface area contributed by atoms with Crippen molar-refractivity contribution in [3.8, 4) is 11.1 Å². The van der Waals surface area contributed by atoms with Crippen LogP contribution < -0.4 is 0 Å². The molecule has 0 aromatic heterocycles. The molecule has 0 aliphatic rings. The maximum absolute atomic E-state index is 10.7. The Balaban J connectivity index is 2.44. The predicted molar refractivity (Wildman–Crippen MR) is 82.6 cm³/mol. The summed E-state index contributed by atoms with van der Waals surface area (Å²) >= 11 is 0. The molecular weight excluding hydrogens is 248 g/mol. The lowest BCUT2D eigenvalue weighted by atomic mass is 9.97. The van der Waals surface area contributed by atoms with Crippen molar-refractivity contribution < 1.29 is 9.90 Å². The van der Waals surface area contributed by atoms with Gasteiger partial charge in [-0.05, 0) is 60.2 Å². The normalized spacial score (nSPS) is 11.4. The Morgan fingerprint density at radius 3 is 2.35 bits per heavy atom. The summed E-state index contributed by atoms with van der Waals surface area (Å²) in [7, 11) is 0. The maximum atomic E-state index is 10.7. The van der Waals surface area contributed by atoms with E-state index in [1.165, 1.54) is 17.2 Å². The fraction of sp³-hybridized carbons (Fsp3) is 0.167. The summed E-state index contributed by atoms with van der Waals surface area (Å²) in [6, 6.07) is 14.3. The number of allylic oxidation sites excluding steroid dienone is 1. The van der Waals surface area contributed by atoms with Gasteiger partial charge < -0.3 is 5.11 Å². The van der Waals surface area contributed by atoms with Crippen LogP contribution in [0, 0.1) is 13.8 Å². The number of aliphatic carboxylic acids is 1. The second-order valence-corrected chi connectivity index (χ2v) is 5.05. The van der Waals surface area contributed by atoms with E-state index in [-0.39, 0.29) is 0 Å². The largest absolute Gasteiger partial charge is 0.478 e. The fourth-order valence-electron chi connectivity index (χ4n) is 2.13. The van der Waals surface area contributed by atoms with Crippen molar-refractivity contribution in [1.82, 2.24) is 0 Å². The van der Waals surface area contributed by atoms with E-state index < -0.39 is 5.97 Å². The van der Waals surface area contributed by atoms with E-state index in [1.807, 2.05) is 31.2 Å². The molecule has 0 spiro atoms. The van der Waals surface area contributed by atoms with Gasteiger partial charge >= 0.3 is 5.97 Å². The number of aryl methyl sites for hydroxylation is 2. The van der Waals surface area contributed by atoms with E-state index in [9.17, 15) is 4.79 Å². The number of hydrogen-bond donors (Lipinski definition) is 1. The topological polar surface area (TPSA) is 37.3 Å². The Kier molecular flexibility index (Phi) is 4.04. The van der Waals surface area contributed by atoms with Crippen molar-refractivity contribution in [2.24, 2.45) is 0 Å². The molecule has 102 valence electrons. The predicted octanol–water partition coefficient (Wildman–Crippen LogP) is 4.46. The summed E-state index contributed by atoms with van der Waals surface area (Å²) in [6.45, 7) is 6.00. The Bertz CT molecular complexity index is 682. The van der Waals surface area contributed by atoms with Crippen molar-refractivity contribution in [2.75, 3.05) is 0 Å². The molecule has 20 heavy (non-hydrogen) atoms. The van der Waals surface area contributed by atoms with Gasteiger partial charge in [-0.2, -0.15) is 0 Å². The highest BCUT2D eigenvalue weighted by Crippen LogP contribution is 2.25. The van der Waals surface area contributed by atoms with Crippen LogP contribution in [0.2, 0.25) is 0 Å². The molecule has 2 rings (SSSR count). The summed E-state index contributed by atoms with van der Waals surface area (Å²) < 4.78 is 0. The van der Waals surface area contributed by atoms with Crippen LogP contribution in [-0.4, -0.2) is 11.1 Å². The van der Waals surface area contributed by atoms with Gasteiger partial charge in [0.25, 0.3) is 0 Å². The van der Waals surface area contributed by atoms with Gasteiger partial charge in [-0.15, -0.1) is 0 Å². The minimum atomic E-state index is -0.918. The first-order valence-corrected chi connectivity index (χ1v) is 6.56. The van der Waals surface area contributed by atoms with Crippen LogP contribution >= 0.6 is 0 Å². The minimum absolute atomic E-state index is 0.753. The first-order chi connectivity index (χ1) is 9.47. The number of carboxylic acid groups (broad SMARTS) is 1. The molecule has 0 radical (unpaired) electrons. The zero-order valence-corrected chi connectivity index (χ0v) is 12.0. The lowest BCUT2D eigenvalue weighted by molar-refractivity contribution is -0.131. The number of rotatable bonds is 3. The van der Waals surface area contributed by atoms with Crippen LogP contribution in [0.25, 0.3) is 16.7 Å². The standard InChI is InChI=1S/C18H18O2/c1-12-7-8-17(9-13(12)2)16-6-4-5-15(11-16)14(3)10-18(19)20/h4-11H,1-3H3,(H,19,20)/b14-10+. The number of carboxylic acids is 1. The van der Waals surface area contributed by atoms with Gasteiger partial charge in [-0.1, -0.05) is 36.4 Å². The monoisotopic (exact) mass is 266 g/mol. The van der Waals surface area contributed by atoms with Crippen molar-refractivity contribution in [3.05, 3.63) is 65.2 Å². The lowest BCUT2D eigenvalue weighted by Crippen LogP contribution is -1.90. The Labute approximate surface area is 119 Å². The third kappa shape index (κ3) is 3.15. The van der Waals surface area contributed by atoms with Crippen LogP contribution in [0.15, 0.2) is 48.5 Å². The molecule has 2 aromatic rings. The zero-order valence-electron chi connectivity index (χ0n) is 12.0. The molecule has 1 N–H and O–H groups in total. The molecule has 0 bridgehead atoms. The molecule has 0 saturated carbocycles. The first-order valence-electron chi connectivity index (χ1n) is 6.56. The second kappa shape index (κ2) is 5.74. The molecule has 0 atom stereocenters. The Hall–Kier alpha value is -2.35. The second-order valence-electron chi connectivity index (χ2n) is 5.05. The highest BCUT2D eigenvalue weighted by Gasteiger charge is 2.03. The van der Waals surface area contributed by atoms with Crippen molar-refractivity contribution >= 4 is 11.5 Å². The molecule has 0 heterocycles. The molecule has 2 heteroatoms. The lowest BCUT2D eigenvalue weighted by Gasteiger charge is -2.08. The summed E-state index contributed by atoms with van der Waals surface area (Å²) in [4.78, 5) is 10.7. The Morgan fingerprint density at radius 2 is 1.70 bits per heavy atom. The molecule has 2 nitrogen and oxygen atoms in total. The highest BCUT2D eigenvalue weighted by molar-refractivity contribution is 5.90. The SMILES string of the molecule is C/C(=C\C(=O)O)c1cccc(-c2ccc(C)c(C)c2)c1. The van der Waals surface area contributed by atoms with Crippen LogP contribution in [0.1, 0.15) is 23.6 Å². The average molecular weight is 266 g/mol. The molecule has 0 unspecified atom stereocenters. The Morgan fingerprint density at radius 1 is 1.00 bits per heavy atom. The molecule has 0 aliphatic heterocycles. The average Bonchev–Trinajstić information content (AvgIpc) is 2.41. The van der Waals surface area contributed by atoms with Crippen LogP contribution in [0.5, 0.6) is 0 Å². The van der Waals surface area contributed by atoms with E-state index in [1.54, 1.807) is 0 Å². The van der Waals surface area contributed by atoms with Gasteiger partial charge in [0, 0.05) is 6.08 Å². The number of hydrogen-bond acceptors (Lipinski definition) is 1. The molecule has 0 saturated heterocycles. The van der Waals surface area contributed by atoms with Gasteiger partial charge in [0.1, 0.15) is 0 Å². The van der Waals surface area contributed by atoms with Crippen molar-refractivity contribution in [1.29, 1.82) is 0 Å². The molecule has 0 fully saturated rings.